The summed E-state index contributed by atoms with van der Waals surface area (Å²) in [6, 6.07) is 18.4. The van der Waals surface area contributed by atoms with E-state index in [0.717, 1.165) is 10.5 Å². The van der Waals surface area contributed by atoms with Gasteiger partial charge in [0.15, 0.2) is 0 Å². The highest BCUT2D eigenvalue weighted by atomic mass is 16.6. The number of rotatable bonds is 3. The van der Waals surface area contributed by atoms with E-state index in [1.807, 2.05) is 19.1 Å². The maximum absolute atomic E-state index is 13.8. The van der Waals surface area contributed by atoms with Crippen LogP contribution in [0.25, 0.3) is 0 Å². The number of nitro groups is 1. The summed E-state index contributed by atoms with van der Waals surface area (Å²) in [6.07, 6.45) is -1.02. The number of ether oxygens (including phenoxy) is 1. The number of carbonyl (C=O) groups excluding carboxylic acids is 4. The van der Waals surface area contributed by atoms with Crippen LogP contribution < -0.4 is 4.90 Å². The minimum absolute atomic E-state index is 0.123. The van der Waals surface area contributed by atoms with E-state index in [4.69, 9.17) is 4.74 Å². The van der Waals surface area contributed by atoms with Crippen LogP contribution in [-0.4, -0.2) is 33.9 Å². The van der Waals surface area contributed by atoms with Crippen LogP contribution in [0.2, 0.25) is 0 Å². The molecule has 3 aromatic rings. The number of nitrogens with zero attached hydrogens (tertiary/aromatic N) is 2. The monoisotopic (exact) mass is 482 g/mol. The van der Waals surface area contributed by atoms with Crippen LogP contribution in [0.15, 0.2) is 72.8 Å². The smallest absolute Gasteiger partial charge is 0.269 e. The van der Waals surface area contributed by atoms with Gasteiger partial charge in [0.2, 0.25) is 29.0 Å². The van der Waals surface area contributed by atoms with E-state index in [1.165, 1.54) is 36.4 Å². The first kappa shape index (κ1) is 22.0. The maximum atomic E-state index is 13.8. The first-order valence-corrected chi connectivity index (χ1v) is 11.3. The lowest BCUT2D eigenvalue weighted by Crippen LogP contribution is -2.51. The fourth-order valence-electron chi connectivity index (χ4n) is 5.55. The molecule has 3 aliphatic rings. The largest absolute Gasteiger partial charge is 0.349 e. The Labute approximate surface area is 204 Å². The van der Waals surface area contributed by atoms with Crippen LogP contribution in [0.4, 0.5) is 11.4 Å². The third-order valence-corrected chi connectivity index (χ3v) is 7.24. The number of hydrogen-bond acceptors (Lipinski definition) is 7. The molecule has 2 aliphatic heterocycles. The SMILES string of the molecule is Cc1ccc([C@@H]2OC3(C(=O)c4ccccc4C3=O)[C@@H]3C(=O)N(c4ccc([N+](=O)[O-])cc4)C(=O)[C@@H]32)cc1. The minimum Gasteiger partial charge on any atom is -0.349 e. The number of benzene rings is 3. The molecule has 0 N–H and O–H groups in total. The number of ketones is 2. The van der Waals surface area contributed by atoms with Crippen molar-refractivity contribution in [2.24, 2.45) is 11.8 Å². The summed E-state index contributed by atoms with van der Waals surface area (Å²) in [5.74, 6) is -5.16. The molecule has 1 spiro atoms. The summed E-state index contributed by atoms with van der Waals surface area (Å²) < 4.78 is 6.23. The highest BCUT2D eigenvalue weighted by molar-refractivity contribution is 6.37. The van der Waals surface area contributed by atoms with Gasteiger partial charge in [-0.05, 0) is 24.6 Å². The zero-order valence-electron chi connectivity index (χ0n) is 18.9. The van der Waals surface area contributed by atoms with Gasteiger partial charge in [0.25, 0.3) is 5.69 Å². The Bertz CT molecular complexity index is 1460. The normalized spacial score (nSPS) is 23.9. The number of anilines is 1. The van der Waals surface area contributed by atoms with Crippen LogP contribution >= 0.6 is 0 Å². The Balaban J connectivity index is 1.51. The van der Waals surface area contributed by atoms with Gasteiger partial charge in [0.05, 0.1) is 28.6 Å². The van der Waals surface area contributed by atoms with E-state index in [2.05, 4.69) is 0 Å². The summed E-state index contributed by atoms with van der Waals surface area (Å²) in [6.45, 7) is 1.89. The molecule has 2 saturated heterocycles. The van der Waals surface area contributed by atoms with Crippen LogP contribution in [0.5, 0.6) is 0 Å². The summed E-state index contributed by atoms with van der Waals surface area (Å²) in [4.78, 5) is 66.4. The number of non-ortho nitro benzene ring substituents is 1. The Morgan fingerprint density at radius 1 is 0.833 bits per heavy atom. The van der Waals surface area contributed by atoms with Gasteiger partial charge in [-0.1, -0.05) is 54.1 Å². The standard InChI is InChI=1S/C27H18N2O7/c1-14-6-8-15(9-7-14)22-20-21(27(36-22)23(30)18-4-2-3-5-19(18)24(27)31)26(33)28(25(20)32)16-10-12-17(13-11-16)29(34)35/h2-13,20-22H,1H3/t20-,21-,22-/m0/s1. The number of imide groups is 1. The van der Waals surface area contributed by atoms with Crippen molar-refractivity contribution in [2.75, 3.05) is 4.90 Å². The molecular weight excluding hydrogens is 464 g/mol. The summed E-state index contributed by atoms with van der Waals surface area (Å²) in [5.41, 5.74) is -0.406. The Kier molecular flexibility index (Phi) is 4.58. The summed E-state index contributed by atoms with van der Waals surface area (Å²) in [7, 11) is 0. The van der Waals surface area contributed by atoms with Crippen molar-refractivity contribution in [2.45, 2.75) is 18.6 Å². The van der Waals surface area contributed by atoms with Gasteiger partial charge in [0, 0.05) is 23.3 Å². The third kappa shape index (κ3) is 2.74. The summed E-state index contributed by atoms with van der Waals surface area (Å²) >= 11 is 0. The van der Waals surface area contributed by atoms with Gasteiger partial charge in [-0.3, -0.25) is 29.3 Å². The molecule has 0 saturated carbocycles. The van der Waals surface area contributed by atoms with Gasteiger partial charge in [-0.2, -0.15) is 0 Å². The lowest BCUT2D eigenvalue weighted by molar-refractivity contribution is -0.384. The topological polar surface area (TPSA) is 124 Å². The number of carbonyl (C=O) groups is 4. The molecule has 3 aromatic carbocycles. The Morgan fingerprint density at radius 2 is 1.42 bits per heavy atom. The molecule has 178 valence electrons. The molecule has 0 unspecified atom stereocenters. The molecule has 6 rings (SSSR count). The second-order valence-electron chi connectivity index (χ2n) is 9.18. The Hall–Kier alpha value is -4.50. The minimum atomic E-state index is -2.16. The van der Waals surface area contributed by atoms with Crippen molar-refractivity contribution in [3.8, 4) is 0 Å². The van der Waals surface area contributed by atoms with Crippen molar-refractivity contribution in [3.05, 3.63) is 105 Å². The van der Waals surface area contributed by atoms with Crippen LogP contribution in [0.3, 0.4) is 0 Å². The molecule has 0 bridgehead atoms. The number of amides is 2. The van der Waals surface area contributed by atoms with Crippen molar-refractivity contribution in [1.82, 2.24) is 0 Å². The molecule has 1 aliphatic carbocycles. The van der Waals surface area contributed by atoms with E-state index in [9.17, 15) is 29.3 Å². The number of nitro benzene ring substituents is 1. The van der Waals surface area contributed by atoms with Crippen molar-refractivity contribution in [1.29, 1.82) is 0 Å². The first-order valence-electron chi connectivity index (χ1n) is 11.3. The molecule has 3 atom stereocenters. The summed E-state index contributed by atoms with van der Waals surface area (Å²) in [5, 5.41) is 11.1. The number of Topliss-reactive ketones (excluding diaryl/α,β-unsaturated/α-hetero) is 2. The second kappa shape index (κ2) is 7.50. The van der Waals surface area contributed by atoms with E-state index in [1.54, 1.807) is 24.3 Å². The number of fused-ring (bicyclic) bond motifs is 3. The van der Waals surface area contributed by atoms with Crippen molar-refractivity contribution < 1.29 is 28.8 Å². The van der Waals surface area contributed by atoms with Gasteiger partial charge in [0.1, 0.15) is 0 Å². The average molecular weight is 482 g/mol. The fraction of sp³-hybridized carbons (Fsp3) is 0.185. The lowest BCUT2D eigenvalue weighted by Gasteiger charge is -2.27. The molecule has 2 amide bonds. The number of aryl methyl sites for hydroxylation is 1. The quantitative estimate of drug-likeness (QED) is 0.242. The maximum Gasteiger partial charge on any atom is 0.269 e. The Morgan fingerprint density at radius 3 is 1.97 bits per heavy atom. The van der Waals surface area contributed by atoms with Crippen LogP contribution in [0, 0.1) is 28.9 Å². The molecule has 0 radical (unpaired) electrons. The third-order valence-electron chi connectivity index (χ3n) is 7.24. The van der Waals surface area contributed by atoms with Gasteiger partial charge in [-0.25, -0.2) is 4.90 Å². The average Bonchev–Trinajstić information content (AvgIpc) is 3.44. The molecule has 2 fully saturated rings. The van der Waals surface area contributed by atoms with E-state index in [-0.39, 0.29) is 22.5 Å². The molecule has 2 heterocycles. The first-order chi connectivity index (χ1) is 17.3. The van der Waals surface area contributed by atoms with Crippen LogP contribution in [-0.2, 0) is 14.3 Å². The van der Waals surface area contributed by atoms with Gasteiger partial charge >= 0.3 is 0 Å². The highest BCUT2D eigenvalue weighted by Gasteiger charge is 2.74. The van der Waals surface area contributed by atoms with E-state index < -0.39 is 51.8 Å². The number of hydrogen-bond donors (Lipinski definition) is 0. The zero-order valence-corrected chi connectivity index (χ0v) is 18.9. The van der Waals surface area contributed by atoms with Crippen molar-refractivity contribution in [3.63, 3.8) is 0 Å². The zero-order chi connectivity index (χ0) is 25.4. The predicted octanol–water partition coefficient (Wildman–Crippen LogP) is 3.60. The predicted molar refractivity (Wildman–Crippen MR) is 125 cm³/mol. The molecule has 36 heavy (non-hydrogen) atoms. The van der Waals surface area contributed by atoms with Gasteiger partial charge < -0.3 is 4.74 Å². The van der Waals surface area contributed by atoms with Crippen molar-refractivity contribution >= 4 is 34.8 Å². The molecule has 0 aromatic heterocycles. The molecule has 9 nitrogen and oxygen atoms in total. The van der Waals surface area contributed by atoms with Crippen LogP contribution in [0.1, 0.15) is 37.9 Å². The lowest BCUT2D eigenvalue weighted by atomic mass is 9.77. The molecule has 9 heteroatoms. The molecular formula is C27H18N2O7. The van der Waals surface area contributed by atoms with E-state index in [0.29, 0.717) is 5.56 Å². The highest BCUT2D eigenvalue weighted by Crippen LogP contribution is 2.57. The van der Waals surface area contributed by atoms with E-state index >= 15 is 0 Å². The second-order valence-corrected chi connectivity index (χ2v) is 9.18. The van der Waals surface area contributed by atoms with Gasteiger partial charge in [-0.15, -0.1) is 0 Å². The fourth-order valence-corrected chi connectivity index (χ4v) is 5.55.